The van der Waals surface area contributed by atoms with E-state index in [1.54, 1.807) is 24.5 Å². The number of nitrogens with zero attached hydrogens (tertiary/aromatic N) is 4. The molecule has 0 fully saturated rings. The van der Waals surface area contributed by atoms with Crippen LogP contribution in [0.25, 0.3) is 11.4 Å². The van der Waals surface area contributed by atoms with Crippen molar-refractivity contribution in [2.24, 2.45) is 0 Å². The average Bonchev–Trinajstić information content (AvgIpc) is 3.40. The molecular weight excluding hydrogens is 458 g/mol. The van der Waals surface area contributed by atoms with Crippen LogP contribution in [-0.2, 0) is 17.8 Å². The minimum Gasteiger partial charge on any atom is -0.325 e. The molecule has 9 heteroatoms. The van der Waals surface area contributed by atoms with Crippen LogP contribution in [-0.4, -0.2) is 37.2 Å². The van der Waals surface area contributed by atoms with E-state index in [-0.39, 0.29) is 23.9 Å². The number of fused-ring (bicyclic) bond motifs is 1. The summed E-state index contributed by atoms with van der Waals surface area (Å²) >= 11 is 7.64. The topological polar surface area (TPSA) is 89.8 Å². The first kappa shape index (κ1) is 21.4. The predicted octanol–water partition coefficient (Wildman–Crippen LogP) is 4.51. The smallest absolute Gasteiger partial charge is 0.228 e. The number of Topliss-reactive ketones (excluding diaryl/α,β-unsaturated/α-hetero) is 1. The van der Waals surface area contributed by atoms with Crippen molar-refractivity contribution in [3.8, 4) is 11.4 Å². The first-order valence-electron chi connectivity index (χ1n) is 10.2. The summed E-state index contributed by atoms with van der Waals surface area (Å²) in [5.41, 5.74) is 3.84. The lowest BCUT2D eigenvalue weighted by Gasteiger charge is -2.11. The Bertz CT molecular complexity index is 1340. The molecule has 1 amide bonds. The van der Waals surface area contributed by atoms with Crippen molar-refractivity contribution >= 4 is 40.7 Å². The number of halogens is 1. The second-order valence-electron chi connectivity index (χ2n) is 7.54. The molecule has 1 N–H and O–H groups in total. The molecule has 0 radical (unpaired) electrons. The lowest BCUT2D eigenvalue weighted by atomic mass is 10.1. The highest BCUT2D eigenvalue weighted by Gasteiger charge is 2.23. The van der Waals surface area contributed by atoms with Gasteiger partial charge in [0.2, 0.25) is 5.91 Å². The lowest BCUT2D eigenvalue weighted by molar-refractivity contribution is -0.115. The van der Waals surface area contributed by atoms with Crippen LogP contribution in [0.3, 0.4) is 0 Å². The Morgan fingerprint density at radius 3 is 2.67 bits per heavy atom. The van der Waals surface area contributed by atoms with Crippen LogP contribution in [0.2, 0.25) is 5.02 Å². The molecule has 0 saturated carbocycles. The van der Waals surface area contributed by atoms with Crippen molar-refractivity contribution in [3.05, 3.63) is 88.7 Å². The maximum atomic E-state index is 13.0. The van der Waals surface area contributed by atoms with E-state index >= 15 is 0 Å². The molecule has 2 aromatic carbocycles. The summed E-state index contributed by atoms with van der Waals surface area (Å²) in [5, 5.41) is 12.4. The standard InChI is InChI=1S/C24H18ClN5O2S/c25-19-12-20-17(11-22(32)27-20)10-18(19)21(31)14-33-24-29-28-23(16-6-8-26-9-7-16)30(24)13-15-4-2-1-3-5-15/h1-10,12H,11,13-14H2,(H,27,32). The van der Waals surface area contributed by atoms with Gasteiger partial charge >= 0.3 is 0 Å². The minimum absolute atomic E-state index is 0.0994. The normalized spacial score (nSPS) is 12.5. The van der Waals surface area contributed by atoms with Crippen LogP contribution < -0.4 is 5.32 Å². The molecule has 3 heterocycles. The second-order valence-corrected chi connectivity index (χ2v) is 8.89. The molecule has 0 unspecified atom stereocenters. The van der Waals surface area contributed by atoms with E-state index in [4.69, 9.17) is 11.6 Å². The number of benzene rings is 2. The number of thioether (sulfide) groups is 1. The predicted molar refractivity (Wildman–Crippen MR) is 128 cm³/mol. The van der Waals surface area contributed by atoms with Gasteiger partial charge in [-0.1, -0.05) is 53.7 Å². The summed E-state index contributed by atoms with van der Waals surface area (Å²) in [7, 11) is 0. The largest absolute Gasteiger partial charge is 0.325 e. The number of anilines is 1. The highest BCUT2D eigenvalue weighted by Crippen LogP contribution is 2.31. The zero-order valence-electron chi connectivity index (χ0n) is 17.4. The summed E-state index contributed by atoms with van der Waals surface area (Å²) in [5.74, 6) is 0.615. The number of hydrogen-bond donors (Lipinski definition) is 1. The number of amides is 1. The van der Waals surface area contributed by atoms with E-state index < -0.39 is 0 Å². The molecule has 2 aromatic heterocycles. The first-order valence-corrected chi connectivity index (χ1v) is 11.6. The monoisotopic (exact) mass is 475 g/mol. The van der Waals surface area contributed by atoms with Crippen LogP contribution in [0.1, 0.15) is 21.5 Å². The molecular formula is C24H18ClN5O2S. The van der Waals surface area contributed by atoms with Crippen molar-refractivity contribution in [2.75, 3.05) is 11.1 Å². The van der Waals surface area contributed by atoms with Gasteiger partial charge < -0.3 is 5.32 Å². The van der Waals surface area contributed by atoms with Crippen molar-refractivity contribution in [2.45, 2.75) is 18.1 Å². The van der Waals surface area contributed by atoms with E-state index in [9.17, 15) is 9.59 Å². The second kappa shape index (κ2) is 9.17. The molecule has 5 rings (SSSR count). The fraction of sp³-hybridized carbons (Fsp3) is 0.125. The molecule has 0 saturated heterocycles. The SMILES string of the molecule is O=C1Cc2cc(C(=O)CSc3nnc(-c4ccncc4)n3Cc3ccccc3)c(Cl)cc2N1. The Hall–Kier alpha value is -3.49. The van der Waals surface area contributed by atoms with Crippen LogP contribution in [0.5, 0.6) is 0 Å². The lowest BCUT2D eigenvalue weighted by Crippen LogP contribution is -2.08. The fourth-order valence-corrected chi connectivity index (χ4v) is 4.78. The first-order chi connectivity index (χ1) is 16.1. The molecule has 7 nitrogen and oxygen atoms in total. The van der Waals surface area contributed by atoms with E-state index in [0.29, 0.717) is 33.8 Å². The summed E-state index contributed by atoms with van der Waals surface area (Å²) in [6.07, 6.45) is 3.67. The third kappa shape index (κ3) is 4.53. The molecule has 33 heavy (non-hydrogen) atoms. The van der Waals surface area contributed by atoms with Gasteiger partial charge in [-0.2, -0.15) is 0 Å². The Kier molecular flexibility index (Phi) is 5.93. The minimum atomic E-state index is -0.133. The maximum Gasteiger partial charge on any atom is 0.228 e. The zero-order valence-corrected chi connectivity index (χ0v) is 18.9. The number of nitrogens with one attached hydrogen (secondary N) is 1. The molecule has 1 aliphatic rings. The highest BCUT2D eigenvalue weighted by atomic mass is 35.5. The number of aromatic nitrogens is 4. The molecule has 0 atom stereocenters. The fourth-order valence-electron chi connectivity index (χ4n) is 3.69. The average molecular weight is 476 g/mol. The summed E-state index contributed by atoms with van der Waals surface area (Å²) in [6, 6.07) is 17.1. The molecule has 0 spiro atoms. The number of hydrogen-bond acceptors (Lipinski definition) is 6. The third-order valence-corrected chi connectivity index (χ3v) is 6.57. The van der Waals surface area contributed by atoms with Gasteiger partial charge in [-0.05, 0) is 35.4 Å². The van der Waals surface area contributed by atoms with E-state index in [1.807, 2.05) is 47.0 Å². The number of pyridine rings is 1. The van der Waals surface area contributed by atoms with Gasteiger partial charge in [0.15, 0.2) is 16.8 Å². The van der Waals surface area contributed by atoms with Crippen LogP contribution in [0.4, 0.5) is 5.69 Å². The molecule has 0 aliphatic carbocycles. The van der Waals surface area contributed by atoms with Crippen molar-refractivity contribution in [1.29, 1.82) is 0 Å². The van der Waals surface area contributed by atoms with Crippen molar-refractivity contribution in [1.82, 2.24) is 19.7 Å². The molecule has 1 aliphatic heterocycles. The number of carbonyl (C=O) groups is 2. The van der Waals surface area contributed by atoms with E-state index in [0.717, 1.165) is 16.7 Å². The molecule has 0 bridgehead atoms. The van der Waals surface area contributed by atoms with Gasteiger partial charge in [-0.3, -0.25) is 19.1 Å². The molecule has 4 aromatic rings. The van der Waals surface area contributed by atoms with E-state index in [1.165, 1.54) is 11.8 Å². The quantitative estimate of drug-likeness (QED) is 0.312. The Labute approximate surface area is 199 Å². The van der Waals surface area contributed by atoms with Gasteiger partial charge in [0.25, 0.3) is 0 Å². The Morgan fingerprint density at radius 1 is 1.09 bits per heavy atom. The molecule has 164 valence electrons. The Morgan fingerprint density at radius 2 is 1.88 bits per heavy atom. The van der Waals surface area contributed by atoms with Crippen molar-refractivity contribution in [3.63, 3.8) is 0 Å². The van der Waals surface area contributed by atoms with Crippen LogP contribution in [0.15, 0.2) is 72.1 Å². The van der Waals surface area contributed by atoms with E-state index in [2.05, 4.69) is 20.5 Å². The van der Waals surface area contributed by atoms with Gasteiger partial charge in [0.1, 0.15) is 0 Å². The third-order valence-electron chi connectivity index (χ3n) is 5.29. The number of rotatable bonds is 7. The summed E-state index contributed by atoms with van der Waals surface area (Å²) < 4.78 is 2.00. The van der Waals surface area contributed by atoms with Gasteiger partial charge in [0, 0.05) is 29.2 Å². The summed E-state index contributed by atoms with van der Waals surface area (Å²) in [4.78, 5) is 28.7. The zero-order chi connectivity index (χ0) is 22.8. The van der Waals surface area contributed by atoms with Gasteiger partial charge in [-0.25, -0.2) is 0 Å². The van der Waals surface area contributed by atoms with Crippen molar-refractivity contribution < 1.29 is 9.59 Å². The Balaban J connectivity index is 1.41. The number of ketones is 1. The maximum absolute atomic E-state index is 13.0. The van der Waals surface area contributed by atoms with Crippen LogP contribution in [0, 0.1) is 0 Å². The van der Waals surface area contributed by atoms with Gasteiger partial charge in [0.05, 0.1) is 23.7 Å². The summed E-state index contributed by atoms with van der Waals surface area (Å²) in [6.45, 7) is 0.565. The van der Waals surface area contributed by atoms with Gasteiger partial charge in [-0.15, -0.1) is 10.2 Å². The van der Waals surface area contributed by atoms with Crippen LogP contribution >= 0.6 is 23.4 Å². The number of carbonyl (C=O) groups excluding carboxylic acids is 2. The highest BCUT2D eigenvalue weighted by molar-refractivity contribution is 7.99.